The van der Waals surface area contributed by atoms with Crippen molar-refractivity contribution in [3.63, 3.8) is 0 Å². The molecule has 0 rings (SSSR count). The van der Waals surface area contributed by atoms with E-state index in [-0.39, 0.29) is 0 Å². The van der Waals surface area contributed by atoms with Crippen LogP contribution in [0.2, 0.25) is 0 Å². The van der Waals surface area contributed by atoms with Gasteiger partial charge in [-0.3, -0.25) is 0 Å². The van der Waals surface area contributed by atoms with Gasteiger partial charge in [-0.2, -0.15) is 0 Å². The van der Waals surface area contributed by atoms with Crippen molar-refractivity contribution in [1.29, 1.82) is 5.41 Å². The maximum absolute atomic E-state index is 7.80. The Hall–Kier alpha value is -0.860. The normalized spacial score (nSPS) is 9.86. The Morgan fingerprint density at radius 2 is 2.57 bits per heavy atom. The molecule has 0 bridgehead atoms. The average molecular weight is 100 g/mol. The van der Waals surface area contributed by atoms with Crippen molar-refractivity contribution in [2.75, 3.05) is 0 Å². The van der Waals surface area contributed by atoms with Gasteiger partial charge >= 0.3 is 0 Å². The van der Waals surface area contributed by atoms with Crippen LogP contribution in [0.1, 0.15) is 13.3 Å². The van der Waals surface area contributed by atoms with E-state index in [2.05, 4.69) is 5.16 Å². The Kier molecular flexibility index (Phi) is 2.92. The SMILES string of the molecule is CCC(=N)C=NO. The van der Waals surface area contributed by atoms with E-state index < -0.39 is 0 Å². The fraction of sp³-hybridized carbons (Fsp3) is 0.500. The van der Waals surface area contributed by atoms with Crippen molar-refractivity contribution in [2.45, 2.75) is 13.3 Å². The monoisotopic (exact) mass is 100 g/mol. The minimum atomic E-state index is 0.336. The summed E-state index contributed by atoms with van der Waals surface area (Å²) < 4.78 is 0. The molecule has 0 atom stereocenters. The Bertz CT molecular complexity index is 87.7. The van der Waals surface area contributed by atoms with E-state index in [1.165, 1.54) is 0 Å². The average Bonchev–Trinajstić information content (AvgIpc) is 1.68. The van der Waals surface area contributed by atoms with Gasteiger partial charge in [0.2, 0.25) is 0 Å². The molecule has 0 aliphatic carbocycles. The third-order valence-corrected chi connectivity index (χ3v) is 0.594. The maximum atomic E-state index is 7.80. The number of oxime groups is 1. The van der Waals surface area contributed by atoms with Gasteiger partial charge in [0, 0.05) is 0 Å². The van der Waals surface area contributed by atoms with Crippen molar-refractivity contribution in [3.8, 4) is 0 Å². The quantitative estimate of drug-likeness (QED) is 0.302. The predicted molar refractivity (Wildman–Crippen MR) is 28.3 cm³/mol. The molecule has 0 aliphatic heterocycles. The van der Waals surface area contributed by atoms with Crippen LogP contribution in [0, 0.1) is 5.41 Å². The molecule has 2 N–H and O–H groups in total. The first-order chi connectivity index (χ1) is 3.31. The third-order valence-electron chi connectivity index (χ3n) is 0.594. The Morgan fingerprint density at radius 3 is 2.71 bits per heavy atom. The van der Waals surface area contributed by atoms with Gasteiger partial charge in [-0.15, -0.1) is 0 Å². The van der Waals surface area contributed by atoms with Crippen LogP contribution in [0.5, 0.6) is 0 Å². The molecule has 0 fully saturated rings. The Balaban J connectivity index is 3.37. The van der Waals surface area contributed by atoms with Crippen molar-refractivity contribution in [3.05, 3.63) is 0 Å². The third kappa shape index (κ3) is 2.96. The first-order valence-electron chi connectivity index (χ1n) is 2.06. The first kappa shape index (κ1) is 6.14. The van der Waals surface area contributed by atoms with Crippen molar-refractivity contribution < 1.29 is 5.21 Å². The number of nitrogens with one attached hydrogen (secondary N) is 1. The van der Waals surface area contributed by atoms with Gasteiger partial charge in [0.15, 0.2) is 0 Å². The molecule has 0 aliphatic rings. The lowest BCUT2D eigenvalue weighted by Gasteiger charge is -1.81. The molecule has 0 saturated carbocycles. The summed E-state index contributed by atoms with van der Waals surface area (Å²) in [6.07, 6.45) is 1.73. The molecule has 0 aromatic rings. The fourth-order valence-electron chi connectivity index (χ4n) is 0.161. The molecule has 0 heterocycles. The van der Waals surface area contributed by atoms with E-state index in [9.17, 15) is 0 Å². The van der Waals surface area contributed by atoms with Crippen LogP contribution in [0.25, 0.3) is 0 Å². The van der Waals surface area contributed by atoms with E-state index in [1.54, 1.807) is 0 Å². The van der Waals surface area contributed by atoms with Crippen LogP contribution in [-0.2, 0) is 0 Å². The van der Waals surface area contributed by atoms with E-state index in [4.69, 9.17) is 10.6 Å². The topological polar surface area (TPSA) is 56.4 Å². The maximum Gasteiger partial charge on any atom is 0.0869 e. The van der Waals surface area contributed by atoms with Gasteiger partial charge in [-0.25, -0.2) is 0 Å². The smallest absolute Gasteiger partial charge is 0.0869 e. The van der Waals surface area contributed by atoms with Gasteiger partial charge in [0.25, 0.3) is 0 Å². The van der Waals surface area contributed by atoms with Crippen LogP contribution in [0.3, 0.4) is 0 Å². The largest absolute Gasteiger partial charge is 0.411 e. The molecule has 0 saturated heterocycles. The Morgan fingerprint density at radius 1 is 2.00 bits per heavy atom. The molecule has 7 heavy (non-hydrogen) atoms. The van der Waals surface area contributed by atoms with E-state index in [0.717, 1.165) is 6.21 Å². The lowest BCUT2D eigenvalue weighted by Crippen LogP contribution is -1.92. The molecule has 3 nitrogen and oxygen atoms in total. The second kappa shape index (κ2) is 3.33. The summed E-state index contributed by atoms with van der Waals surface area (Å²) in [4.78, 5) is 0. The van der Waals surface area contributed by atoms with Crippen LogP contribution < -0.4 is 0 Å². The highest BCUT2D eigenvalue weighted by molar-refractivity contribution is 6.28. The highest BCUT2D eigenvalue weighted by atomic mass is 16.4. The van der Waals surface area contributed by atoms with Gasteiger partial charge in [-0.05, 0) is 6.42 Å². The minimum absolute atomic E-state index is 0.336. The van der Waals surface area contributed by atoms with Gasteiger partial charge in [-0.1, -0.05) is 12.1 Å². The summed E-state index contributed by atoms with van der Waals surface area (Å²) in [5.74, 6) is 0. The first-order valence-corrected chi connectivity index (χ1v) is 2.06. The lowest BCUT2D eigenvalue weighted by atomic mass is 10.3. The zero-order valence-corrected chi connectivity index (χ0v) is 4.18. The second-order valence-electron chi connectivity index (χ2n) is 1.12. The van der Waals surface area contributed by atoms with Crippen LogP contribution in [-0.4, -0.2) is 17.1 Å². The lowest BCUT2D eigenvalue weighted by molar-refractivity contribution is 0.322. The molecule has 40 valence electrons. The van der Waals surface area contributed by atoms with Gasteiger partial charge < -0.3 is 10.6 Å². The van der Waals surface area contributed by atoms with Gasteiger partial charge in [0.1, 0.15) is 0 Å². The highest BCUT2D eigenvalue weighted by Crippen LogP contribution is 1.73. The van der Waals surface area contributed by atoms with E-state index in [1.807, 2.05) is 6.92 Å². The number of nitrogens with zero attached hydrogens (tertiary/aromatic N) is 1. The summed E-state index contributed by atoms with van der Waals surface area (Å²) >= 11 is 0. The molecule has 0 aromatic carbocycles. The Labute approximate surface area is 42.2 Å². The highest BCUT2D eigenvalue weighted by Gasteiger charge is 1.81. The number of rotatable bonds is 2. The summed E-state index contributed by atoms with van der Waals surface area (Å²) in [6, 6.07) is 0. The second-order valence-corrected chi connectivity index (χ2v) is 1.12. The van der Waals surface area contributed by atoms with Crippen LogP contribution in [0.4, 0.5) is 0 Å². The zero-order valence-electron chi connectivity index (χ0n) is 4.18. The molecule has 0 spiro atoms. The molecular weight excluding hydrogens is 92.1 g/mol. The molecule has 0 radical (unpaired) electrons. The summed E-state index contributed by atoms with van der Waals surface area (Å²) in [5, 5.41) is 17.3. The summed E-state index contributed by atoms with van der Waals surface area (Å²) in [5.41, 5.74) is 0.336. The number of hydrogen-bond acceptors (Lipinski definition) is 3. The van der Waals surface area contributed by atoms with Gasteiger partial charge in [0.05, 0.1) is 11.9 Å². The molecule has 3 heteroatoms. The minimum Gasteiger partial charge on any atom is -0.411 e. The van der Waals surface area contributed by atoms with Crippen molar-refractivity contribution in [1.82, 2.24) is 0 Å². The fourth-order valence-corrected chi connectivity index (χ4v) is 0.161. The van der Waals surface area contributed by atoms with E-state index >= 15 is 0 Å². The standard InChI is InChI=1S/C4H8N2O/c1-2-4(5)3-6-7/h3,5,7H,2H2,1H3. The van der Waals surface area contributed by atoms with Crippen molar-refractivity contribution >= 4 is 11.9 Å². The zero-order chi connectivity index (χ0) is 5.70. The van der Waals surface area contributed by atoms with Crippen LogP contribution in [0.15, 0.2) is 5.16 Å². The molecular formula is C4H8N2O. The summed E-state index contributed by atoms with van der Waals surface area (Å²) in [7, 11) is 0. The van der Waals surface area contributed by atoms with Crippen molar-refractivity contribution in [2.24, 2.45) is 5.16 Å². The molecule has 0 aromatic heterocycles. The molecule has 0 unspecified atom stereocenters. The summed E-state index contributed by atoms with van der Waals surface area (Å²) in [6.45, 7) is 1.82. The molecule has 0 amide bonds. The predicted octanol–water partition coefficient (Wildman–Crippen LogP) is 0.876. The van der Waals surface area contributed by atoms with Crippen LogP contribution >= 0.6 is 0 Å². The number of hydrogen-bond donors (Lipinski definition) is 2. The van der Waals surface area contributed by atoms with E-state index in [0.29, 0.717) is 12.1 Å².